The molecule has 1 aromatic rings. The molecule has 0 radical (unpaired) electrons. The average molecular weight is 570 g/mol. The maximum absolute atomic E-state index is 14.1. The number of rotatable bonds is 8. The van der Waals surface area contributed by atoms with Gasteiger partial charge in [-0.05, 0) is 50.0 Å². The Balaban J connectivity index is 1.62. The lowest BCUT2D eigenvalue weighted by Gasteiger charge is -2.44. The number of carbonyl (C=O) groups is 5. The van der Waals surface area contributed by atoms with E-state index in [2.05, 4.69) is 16.0 Å². The van der Waals surface area contributed by atoms with Crippen LogP contribution in [0.5, 0.6) is 0 Å². The quantitative estimate of drug-likeness (QED) is 0.182. The zero-order valence-electron chi connectivity index (χ0n) is 23.8. The summed E-state index contributed by atoms with van der Waals surface area (Å²) in [7, 11) is 0. The maximum Gasteiger partial charge on any atom is 0.246 e. The van der Waals surface area contributed by atoms with E-state index < -0.39 is 35.5 Å². The highest BCUT2D eigenvalue weighted by Gasteiger charge is 2.49. The van der Waals surface area contributed by atoms with Crippen LogP contribution in [0.3, 0.4) is 0 Å². The van der Waals surface area contributed by atoms with Crippen molar-refractivity contribution in [3.8, 4) is 0 Å². The predicted molar refractivity (Wildman–Crippen MR) is 150 cm³/mol. The van der Waals surface area contributed by atoms with Crippen LogP contribution in [-0.2, 0) is 30.4 Å². The summed E-state index contributed by atoms with van der Waals surface area (Å²) in [4.78, 5) is 68.3. The first kappa shape index (κ1) is 30.5. The van der Waals surface area contributed by atoms with E-state index in [9.17, 15) is 24.0 Å². The Morgan fingerprint density at radius 3 is 2.49 bits per heavy atom. The molecule has 1 aliphatic carbocycles. The van der Waals surface area contributed by atoms with E-state index in [1.807, 2.05) is 37.3 Å². The second kappa shape index (κ2) is 13.9. The minimum atomic E-state index is -1.20. The molecule has 11 nitrogen and oxygen atoms in total. The van der Waals surface area contributed by atoms with Gasteiger partial charge in [0.25, 0.3) is 0 Å². The van der Waals surface area contributed by atoms with Crippen molar-refractivity contribution < 1.29 is 29.2 Å². The average Bonchev–Trinajstić information content (AvgIpc) is 3.47. The van der Waals surface area contributed by atoms with E-state index in [4.69, 9.17) is 5.21 Å². The van der Waals surface area contributed by atoms with Gasteiger partial charge in [0, 0.05) is 19.4 Å². The third kappa shape index (κ3) is 7.25. The van der Waals surface area contributed by atoms with E-state index >= 15 is 0 Å². The minimum Gasteiger partial charge on any atom is -0.343 e. The number of hydroxylamine groups is 1. The van der Waals surface area contributed by atoms with Crippen LogP contribution in [0.2, 0.25) is 0 Å². The summed E-state index contributed by atoms with van der Waals surface area (Å²) in [5.41, 5.74) is 1.30. The largest absolute Gasteiger partial charge is 0.343 e. The summed E-state index contributed by atoms with van der Waals surface area (Å²) in [5, 5.41) is 17.7. The molecule has 2 unspecified atom stereocenters. The Hall–Kier alpha value is -3.47. The number of benzene rings is 1. The molecule has 2 heterocycles. The van der Waals surface area contributed by atoms with Gasteiger partial charge in [0.05, 0.1) is 0 Å². The van der Waals surface area contributed by atoms with Crippen LogP contribution in [-0.4, -0.2) is 69.9 Å². The number of unbranched alkanes of at least 4 members (excludes halogenated alkanes) is 2. The SMILES string of the molecule is CC1CCCCC12NC(=O)[C@H](CCCCCC(=O)NO)NC(=O)[C@H]1CCCN1C(=O)[C@H](Cc1ccccc1)NC2=O. The highest BCUT2D eigenvalue weighted by atomic mass is 16.5. The van der Waals surface area contributed by atoms with Crippen molar-refractivity contribution in [1.82, 2.24) is 26.3 Å². The van der Waals surface area contributed by atoms with Gasteiger partial charge in [0.15, 0.2) is 0 Å². The van der Waals surface area contributed by atoms with Crippen LogP contribution in [0.1, 0.15) is 83.1 Å². The molecule has 224 valence electrons. The standard InChI is InChI=1S/C30H43N5O6/c1-20-11-8-9-17-30(20)29(40)32-23(19-21-12-4-2-5-13-21)28(39)35-18-10-15-24(35)27(38)31-22(26(37)33-30)14-6-3-7-16-25(36)34-41/h2,4-5,12-13,20,22-24,41H,3,6-11,14-19H2,1H3,(H,31,38)(H,32,40)(H,33,37)(H,34,36)/t20?,22-,23-,24+,30?/m0/s1. The number of amides is 5. The maximum atomic E-state index is 14.1. The lowest BCUT2D eigenvalue weighted by Crippen LogP contribution is -2.69. The fourth-order valence-corrected chi connectivity index (χ4v) is 6.48. The predicted octanol–water partition coefficient (Wildman–Crippen LogP) is 1.72. The highest BCUT2D eigenvalue weighted by molar-refractivity contribution is 5.99. The molecule has 3 fully saturated rings. The monoisotopic (exact) mass is 569 g/mol. The molecule has 0 bridgehead atoms. The van der Waals surface area contributed by atoms with Crippen LogP contribution in [0.25, 0.3) is 0 Å². The Labute approximate surface area is 241 Å². The van der Waals surface area contributed by atoms with Crippen molar-refractivity contribution in [2.75, 3.05) is 6.54 Å². The Morgan fingerprint density at radius 1 is 0.976 bits per heavy atom. The summed E-state index contributed by atoms with van der Waals surface area (Å²) in [6.45, 7) is 2.36. The Kier molecular flexibility index (Phi) is 10.4. The molecule has 5 N–H and O–H groups in total. The molecule has 11 heteroatoms. The van der Waals surface area contributed by atoms with Gasteiger partial charge in [0.1, 0.15) is 23.7 Å². The van der Waals surface area contributed by atoms with Gasteiger partial charge in [-0.15, -0.1) is 0 Å². The topological polar surface area (TPSA) is 157 Å². The third-order valence-corrected chi connectivity index (χ3v) is 8.93. The highest BCUT2D eigenvalue weighted by Crippen LogP contribution is 2.35. The molecule has 41 heavy (non-hydrogen) atoms. The smallest absolute Gasteiger partial charge is 0.246 e. The number of carbonyl (C=O) groups excluding carboxylic acids is 5. The second-order valence-electron chi connectivity index (χ2n) is 11.7. The summed E-state index contributed by atoms with van der Waals surface area (Å²) in [5.74, 6) is -2.06. The van der Waals surface area contributed by atoms with Crippen molar-refractivity contribution in [3.05, 3.63) is 35.9 Å². The van der Waals surface area contributed by atoms with Gasteiger partial charge in [-0.1, -0.05) is 62.9 Å². The molecule has 4 rings (SSSR count). The molecule has 1 aromatic carbocycles. The first-order valence-corrected chi connectivity index (χ1v) is 15.0. The van der Waals surface area contributed by atoms with Crippen LogP contribution in [0.15, 0.2) is 30.3 Å². The first-order chi connectivity index (χ1) is 19.7. The molecule has 1 saturated carbocycles. The van der Waals surface area contributed by atoms with Gasteiger partial charge in [-0.25, -0.2) is 5.48 Å². The van der Waals surface area contributed by atoms with Gasteiger partial charge in [-0.3, -0.25) is 29.2 Å². The van der Waals surface area contributed by atoms with Crippen LogP contribution >= 0.6 is 0 Å². The number of nitrogens with one attached hydrogen (secondary N) is 4. The fraction of sp³-hybridized carbons (Fsp3) is 0.633. The molecule has 3 aliphatic rings. The Bertz CT molecular complexity index is 1110. The number of fused-ring (bicyclic) bond motifs is 1. The van der Waals surface area contributed by atoms with Crippen LogP contribution in [0, 0.1) is 5.92 Å². The molecular weight excluding hydrogens is 526 g/mol. The van der Waals surface area contributed by atoms with Gasteiger partial charge in [0.2, 0.25) is 29.5 Å². The Morgan fingerprint density at radius 2 is 1.76 bits per heavy atom. The van der Waals surface area contributed by atoms with E-state index in [1.54, 1.807) is 10.4 Å². The molecule has 1 spiro atoms. The van der Waals surface area contributed by atoms with E-state index in [1.165, 1.54) is 0 Å². The van der Waals surface area contributed by atoms with Crippen molar-refractivity contribution in [2.24, 2.45) is 5.92 Å². The van der Waals surface area contributed by atoms with E-state index in [0.29, 0.717) is 51.5 Å². The van der Waals surface area contributed by atoms with Crippen molar-refractivity contribution >= 4 is 29.5 Å². The van der Waals surface area contributed by atoms with E-state index in [-0.39, 0.29) is 36.5 Å². The molecule has 5 amide bonds. The summed E-state index contributed by atoms with van der Waals surface area (Å²) < 4.78 is 0. The molecule has 2 aliphatic heterocycles. The van der Waals surface area contributed by atoms with Crippen molar-refractivity contribution in [1.29, 1.82) is 0 Å². The molecule has 2 saturated heterocycles. The van der Waals surface area contributed by atoms with E-state index in [0.717, 1.165) is 24.8 Å². The lowest BCUT2D eigenvalue weighted by molar-refractivity contribution is -0.146. The van der Waals surface area contributed by atoms with Crippen LogP contribution < -0.4 is 21.4 Å². The summed E-state index contributed by atoms with van der Waals surface area (Å²) in [6, 6.07) is 7.00. The van der Waals surface area contributed by atoms with Crippen LogP contribution in [0.4, 0.5) is 0 Å². The fourth-order valence-electron chi connectivity index (χ4n) is 6.48. The normalized spacial score (nSPS) is 29.1. The van der Waals surface area contributed by atoms with Crippen molar-refractivity contribution in [2.45, 2.75) is 108 Å². The first-order valence-electron chi connectivity index (χ1n) is 15.0. The van der Waals surface area contributed by atoms with Gasteiger partial charge in [-0.2, -0.15) is 0 Å². The van der Waals surface area contributed by atoms with Crippen molar-refractivity contribution in [3.63, 3.8) is 0 Å². The summed E-state index contributed by atoms with van der Waals surface area (Å²) in [6.07, 6.45) is 6.48. The summed E-state index contributed by atoms with van der Waals surface area (Å²) >= 11 is 0. The van der Waals surface area contributed by atoms with Gasteiger partial charge < -0.3 is 20.9 Å². The number of hydrogen-bond donors (Lipinski definition) is 5. The number of hydrogen-bond acceptors (Lipinski definition) is 6. The molecule has 5 atom stereocenters. The third-order valence-electron chi connectivity index (χ3n) is 8.93. The zero-order chi connectivity index (χ0) is 29.4. The second-order valence-corrected chi connectivity index (χ2v) is 11.7. The lowest BCUT2D eigenvalue weighted by atomic mass is 9.72. The minimum absolute atomic E-state index is 0.157. The number of nitrogens with zero attached hydrogens (tertiary/aromatic N) is 1. The molecule has 0 aromatic heterocycles. The zero-order valence-corrected chi connectivity index (χ0v) is 23.8. The van der Waals surface area contributed by atoms with Gasteiger partial charge >= 0.3 is 0 Å². The molecular formula is C30H43N5O6.